The lowest BCUT2D eigenvalue weighted by Crippen LogP contribution is -2.35. The molecule has 1 fully saturated rings. The summed E-state index contributed by atoms with van der Waals surface area (Å²) >= 11 is 1.82. The summed E-state index contributed by atoms with van der Waals surface area (Å²) in [6, 6.07) is 15.8. The molecule has 3 heterocycles. The Morgan fingerprint density at radius 2 is 1.81 bits per heavy atom. The Kier molecular flexibility index (Phi) is 9.45. The van der Waals surface area contributed by atoms with Gasteiger partial charge >= 0.3 is 0 Å². The van der Waals surface area contributed by atoms with Crippen LogP contribution in [-0.2, 0) is 21.3 Å². The monoisotopic (exact) mass is 674 g/mol. The number of ether oxygens (including phenoxy) is 3. The standard InChI is InChI=1S/C38H44F2N4O3S/c1-36(2)14-15-38(5,24-9-7-8-23(18-24)32-21-45-37(3,4)47-32)35(41)44-34(42-6)28-19-25(10-11-29(28)39)46-33-27(13-17-48-22-36)26-12-16-43-31(26)20-30(33)40/h7-12,16,18-20,32,43H,13-15,17,21-22H2,1-6H3,(H2,41,42,44). The van der Waals surface area contributed by atoms with E-state index < -0.39 is 22.8 Å². The molecule has 3 N–H and O–H groups in total. The van der Waals surface area contributed by atoms with Gasteiger partial charge in [0.05, 0.1) is 17.6 Å². The molecule has 0 radical (unpaired) electrons. The molecule has 3 aromatic carbocycles. The molecule has 2 atom stereocenters. The summed E-state index contributed by atoms with van der Waals surface area (Å²) in [5.41, 5.74) is 2.60. The summed E-state index contributed by atoms with van der Waals surface area (Å²) in [5, 5.41) is 13.4. The van der Waals surface area contributed by atoms with Gasteiger partial charge in [0, 0.05) is 35.8 Å². The van der Waals surface area contributed by atoms with Crippen molar-refractivity contribution in [3.8, 4) is 11.5 Å². The average molecular weight is 675 g/mol. The summed E-state index contributed by atoms with van der Waals surface area (Å²) in [4.78, 5) is 7.87. The highest BCUT2D eigenvalue weighted by Gasteiger charge is 2.37. The van der Waals surface area contributed by atoms with Crippen molar-refractivity contribution < 1.29 is 23.0 Å². The lowest BCUT2D eigenvalue weighted by atomic mass is 9.73. The lowest BCUT2D eigenvalue weighted by Gasteiger charge is -2.34. The van der Waals surface area contributed by atoms with Crippen LogP contribution in [0.2, 0.25) is 0 Å². The van der Waals surface area contributed by atoms with Crippen LogP contribution in [0.25, 0.3) is 10.9 Å². The largest absolute Gasteiger partial charge is 0.454 e. The van der Waals surface area contributed by atoms with Gasteiger partial charge in [-0.3, -0.25) is 5.41 Å². The fourth-order valence-corrected chi connectivity index (χ4v) is 7.64. The van der Waals surface area contributed by atoms with E-state index in [2.05, 4.69) is 30.2 Å². The van der Waals surface area contributed by atoms with Crippen LogP contribution in [0, 0.1) is 22.5 Å². The van der Waals surface area contributed by atoms with Crippen molar-refractivity contribution in [3.63, 3.8) is 0 Å². The van der Waals surface area contributed by atoms with Gasteiger partial charge in [0.15, 0.2) is 17.4 Å². The third-order valence-electron chi connectivity index (χ3n) is 9.46. The predicted octanol–water partition coefficient (Wildman–Crippen LogP) is 9.06. The minimum Gasteiger partial charge on any atom is -0.454 e. The third-order valence-corrected chi connectivity index (χ3v) is 10.9. The van der Waals surface area contributed by atoms with Gasteiger partial charge < -0.3 is 24.5 Å². The molecule has 1 saturated heterocycles. The normalized spacial score (nSPS) is 24.3. The molecule has 1 aromatic heterocycles. The van der Waals surface area contributed by atoms with Gasteiger partial charge in [0.25, 0.3) is 0 Å². The van der Waals surface area contributed by atoms with Crippen LogP contribution in [0.3, 0.4) is 0 Å². The number of aryl methyl sites for hydroxylation is 1. The number of halogens is 2. The fourth-order valence-electron chi connectivity index (χ4n) is 6.45. The van der Waals surface area contributed by atoms with Crippen molar-refractivity contribution in [2.45, 2.75) is 71.2 Å². The Morgan fingerprint density at radius 1 is 1.00 bits per heavy atom. The first kappa shape index (κ1) is 34.1. The van der Waals surface area contributed by atoms with E-state index in [1.807, 2.05) is 56.8 Å². The van der Waals surface area contributed by atoms with Gasteiger partial charge in [-0.1, -0.05) is 38.1 Å². The van der Waals surface area contributed by atoms with E-state index in [-0.39, 0.29) is 40.3 Å². The Labute approximate surface area is 285 Å². The molecule has 2 unspecified atom stereocenters. The first-order valence-electron chi connectivity index (χ1n) is 16.4. The lowest BCUT2D eigenvalue weighted by molar-refractivity contribution is -0.139. The molecule has 0 amide bonds. The smallest absolute Gasteiger partial charge is 0.168 e. The number of nitrogens with one attached hydrogen (secondary N) is 3. The number of hydrogen-bond acceptors (Lipinski definition) is 6. The number of rotatable bonds is 2. The molecule has 0 saturated carbocycles. The highest BCUT2D eigenvalue weighted by Crippen LogP contribution is 2.41. The van der Waals surface area contributed by atoms with E-state index in [0.717, 1.165) is 40.0 Å². The fraction of sp³-hybridized carbons (Fsp3) is 0.421. The summed E-state index contributed by atoms with van der Waals surface area (Å²) in [6.07, 6.45) is 3.62. The van der Waals surface area contributed by atoms with Crippen LogP contribution < -0.4 is 10.1 Å². The summed E-state index contributed by atoms with van der Waals surface area (Å²) < 4.78 is 49.3. The van der Waals surface area contributed by atoms with Crippen molar-refractivity contribution in [1.29, 1.82) is 5.41 Å². The number of aromatic amines is 1. The Hall–Kier alpha value is -3.73. The van der Waals surface area contributed by atoms with Gasteiger partial charge in [0.1, 0.15) is 29.3 Å². The van der Waals surface area contributed by atoms with Crippen LogP contribution in [0.1, 0.15) is 75.8 Å². The van der Waals surface area contributed by atoms with E-state index in [4.69, 9.17) is 19.2 Å². The summed E-state index contributed by atoms with van der Waals surface area (Å²) in [6.45, 7) is 10.8. The summed E-state index contributed by atoms with van der Waals surface area (Å²) in [5.74, 6) is 0.614. The summed E-state index contributed by atoms with van der Waals surface area (Å²) in [7, 11) is 1.65. The van der Waals surface area contributed by atoms with Gasteiger partial charge in [0.2, 0.25) is 0 Å². The molecule has 0 spiro atoms. The average Bonchev–Trinajstić information content (AvgIpc) is 3.68. The van der Waals surface area contributed by atoms with Crippen molar-refractivity contribution in [1.82, 2.24) is 10.3 Å². The number of H-pyrrole nitrogens is 1. The van der Waals surface area contributed by atoms with Gasteiger partial charge in [-0.15, -0.1) is 0 Å². The Bertz CT molecular complexity index is 1870. The number of thioether (sulfide) groups is 1. The maximum absolute atomic E-state index is 15.6. The Morgan fingerprint density at radius 3 is 2.56 bits per heavy atom. The van der Waals surface area contributed by atoms with Crippen molar-refractivity contribution in [3.05, 3.63) is 94.7 Å². The molecule has 2 aliphatic heterocycles. The zero-order chi connectivity index (χ0) is 34.3. The third kappa shape index (κ3) is 7.02. The zero-order valence-corrected chi connectivity index (χ0v) is 29.2. The quantitative estimate of drug-likeness (QED) is 0.197. The second kappa shape index (κ2) is 13.3. The highest BCUT2D eigenvalue weighted by atomic mass is 32.2. The second-order valence-corrected chi connectivity index (χ2v) is 15.3. The number of amidine groups is 2. The zero-order valence-electron chi connectivity index (χ0n) is 28.4. The molecule has 10 heteroatoms. The van der Waals surface area contributed by atoms with Crippen molar-refractivity contribution in [2.75, 3.05) is 25.2 Å². The van der Waals surface area contributed by atoms with Crippen molar-refractivity contribution >= 4 is 34.3 Å². The number of nitrogens with zero attached hydrogens (tertiary/aromatic N) is 1. The Balaban J connectivity index is 1.44. The molecule has 0 aliphatic carbocycles. The molecule has 48 heavy (non-hydrogen) atoms. The van der Waals surface area contributed by atoms with E-state index in [1.165, 1.54) is 24.3 Å². The molecule has 6 rings (SSSR count). The maximum atomic E-state index is 15.6. The molecular weight excluding hydrogens is 631 g/mol. The minimum absolute atomic E-state index is 0.0802. The van der Waals surface area contributed by atoms with E-state index in [0.29, 0.717) is 25.0 Å². The first-order valence-corrected chi connectivity index (χ1v) is 17.6. The maximum Gasteiger partial charge on any atom is 0.168 e. The topological polar surface area (TPSA) is 91.7 Å². The molecule has 254 valence electrons. The van der Waals surface area contributed by atoms with Crippen LogP contribution in [0.5, 0.6) is 11.5 Å². The van der Waals surface area contributed by atoms with Crippen molar-refractivity contribution in [2.24, 2.45) is 10.4 Å². The molecule has 2 bridgehead atoms. The minimum atomic E-state index is -0.813. The van der Waals surface area contributed by atoms with E-state index >= 15 is 8.78 Å². The number of hydrogen-bond donors (Lipinski definition) is 3. The van der Waals surface area contributed by atoms with Crippen LogP contribution in [0.4, 0.5) is 8.78 Å². The number of fused-ring (bicyclic) bond motifs is 5. The van der Waals surface area contributed by atoms with Crippen LogP contribution >= 0.6 is 11.8 Å². The molecular formula is C38H44F2N4O3S. The van der Waals surface area contributed by atoms with Crippen LogP contribution in [-0.4, -0.2) is 47.6 Å². The van der Waals surface area contributed by atoms with Crippen LogP contribution in [0.15, 0.2) is 65.8 Å². The predicted molar refractivity (Wildman–Crippen MR) is 190 cm³/mol. The van der Waals surface area contributed by atoms with E-state index in [9.17, 15) is 5.41 Å². The first-order chi connectivity index (χ1) is 22.8. The van der Waals surface area contributed by atoms with Gasteiger partial charge in [-0.25, -0.2) is 13.8 Å². The molecule has 7 nitrogen and oxygen atoms in total. The highest BCUT2D eigenvalue weighted by molar-refractivity contribution is 7.99. The SMILES string of the molecule is CN/C1=N\C(=N)C(C)(c2cccc(C3COC(C)(C)O3)c2)CCC(C)(C)CSCCc2c(c(F)cc3[nH]ccc23)Oc2ccc(F)c1c2. The number of aromatic nitrogens is 1. The van der Waals surface area contributed by atoms with Gasteiger partial charge in [-0.2, -0.15) is 11.8 Å². The second-order valence-electron chi connectivity index (χ2n) is 14.1. The van der Waals surface area contributed by atoms with E-state index in [1.54, 1.807) is 13.2 Å². The number of benzene rings is 3. The van der Waals surface area contributed by atoms with Gasteiger partial charge in [-0.05, 0) is 92.3 Å². The number of aliphatic imine (C=N–C) groups is 1. The molecule has 2 aliphatic rings. The molecule has 4 aromatic rings.